The van der Waals surface area contributed by atoms with Gasteiger partial charge >= 0.3 is 5.97 Å². The Labute approximate surface area is 102 Å². The number of phenolic OH excluding ortho intramolecular Hbond substituents is 1. The molecule has 3 heteroatoms. The van der Waals surface area contributed by atoms with E-state index in [1.165, 1.54) is 0 Å². The van der Waals surface area contributed by atoms with Crippen LogP contribution in [-0.2, 0) is 11.2 Å². The molecule has 1 aromatic carbocycles. The van der Waals surface area contributed by atoms with Crippen LogP contribution in [-0.4, -0.2) is 16.2 Å². The SMILES string of the molecule is CC(C)c1ccc(CC(C)(C)C(=O)O)c(O)c1. The summed E-state index contributed by atoms with van der Waals surface area (Å²) in [6.45, 7) is 7.42. The van der Waals surface area contributed by atoms with Crippen molar-refractivity contribution in [3.05, 3.63) is 29.3 Å². The molecule has 17 heavy (non-hydrogen) atoms. The van der Waals surface area contributed by atoms with Gasteiger partial charge < -0.3 is 10.2 Å². The first-order chi connectivity index (χ1) is 7.74. The minimum absolute atomic E-state index is 0.186. The maximum atomic E-state index is 11.0. The second-order valence-electron chi connectivity index (χ2n) is 5.41. The van der Waals surface area contributed by atoms with Crippen LogP contribution in [0.1, 0.15) is 44.7 Å². The average molecular weight is 236 g/mol. The molecule has 94 valence electrons. The van der Waals surface area contributed by atoms with Gasteiger partial charge in [0.05, 0.1) is 5.41 Å². The summed E-state index contributed by atoms with van der Waals surface area (Å²) in [5, 5.41) is 18.9. The van der Waals surface area contributed by atoms with E-state index in [-0.39, 0.29) is 5.75 Å². The van der Waals surface area contributed by atoms with Gasteiger partial charge in [-0.05, 0) is 43.4 Å². The second-order valence-corrected chi connectivity index (χ2v) is 5.41. The summed E-state index contributed by atoms with van der Waals surface area (Å²) >= 11 is 0. The van der Waals surface area contributed by atoms with E-state index in [1.807, 2.05) is 12.1 Å². The average Bonchev–Trinajstić information content (AvgIpc) is 2.20. The molecule has 2 N–H and O–H groups in total. The molecule has 0 amide bonds. The Morgan fingerprint density at radius 3 is 2.35 bits per heavy atom. The molecule has 0 bridgehead atoms. The van der Waals surface area contributed by atoms with E-state index < -0.39 is 11.4 Å². The number of rotatable bonds is 4. The minimum atomic E-state index is -0.864. The molecule has 0 aliphatic heterocycles. The molecule has 0 heterocycles. The number of hydrogen-bond donors (Lipinski definition) is 2. The summed E-state index contributed by atoms with van der Waals surface area (Å²) < 4.78 is 0. The molecule has 0 radical (unpaired) electrons. The Hall–Kier alpha value is -1.51. The first-order valence-electron chi connectivity index (χ1n) is 5.79. The smallest absolute Gasteiger partial charge is 0.309 e. The quantitative estimate of drug-likeness (QED) is 0.844. The van der Waals surface area contributed by atoms with Crippen molar-refractivity contribution in [2.24, 2.45) is 5.41 Å². The van der Waals surface area contributed by atoms with Crippen molar-refractivity contribution < 1.29 is 15.0 Å². The highest BCUT2D eigenvalue weighted by Crippen LogP contribution is 2.29. The molecular weight excluding hydrogens is 216 g/mol. The number of phenols is 1. The Balaban J connectivity index is 2.98. The Bertz CT molecular complexity index is 419. The molecule has 0 atom stereocenters. The van der Waals surface area contributed by atoms with Gasteiger partial charge in [0.25, 0.3) is 0 Å². The molecular formula is C14H20O3. The Kier molecular flexibility index (Phi) is 3.81. The van der Waals surface area contributed by atoms with Crippen molar-refractivity contribution in [1.29, 1.82) is 0 Å². The topological polar surface area (TPSA) is 57.5 Å². The van der Waals surface area contributed by atoms with E-state index in [9.17, 15) is 9.90 Å². The Morgan fingerprint density at radius 2 is 1.94 bits per heavy atom. The Morgan fingerprint density at radius 1 is 1.35 bits per heavy atom. The zero-order valence-corrected chi connectivity index (χ0v) is 10.8. The molecule has 0 aromatic heterocycles. The fourth-order valence-corrected chi connectivity index (χ4v) is 1.64. The van der Waals surface area contributed by atoms with Crippen molar-refractivity contribution in [3.63, 3.8) is 0 Å². The van der Waals surface area contributed by atoms with E-state index in [0.29, 0.717) is 17.9 Å². The van der Waals surface area contributed by atoms with Crippen molar-refractivity contribution >= 4 is 5.97 Å². The molecule has 0 saturated heterocycles. The van der Waals surface area contributed by atoms with Crippen molar-refractivity contribution in [2.75, 3.05) is 0 Å². The van der Waals surface area contributed by atoms with Crippen LogP contribution < -0.4 is 0 Å². The summed E-state index contributed by atoms with van der Waals surface area (Å²) in [5.41, 5.74) is 0.873. The van der Waals surface area contributed by atoms with Crippen LogP contribution in [0.3, 0.4) is 0 Å². The standard InChI is InChI=1S/C14H20O3/c1-9(2)10-5-6-11(12(15)7-10)8-14(3,4)13(16)17/h5-7,9,15H,8H2,1-4H3,(H,16,17). The number of aromatic hydroxyl groups is 1. The number of hydrogen-bond acceptors (Lipinski definition) is 2. The normalized spacial score (nSPS) is 11.8. The zero-order chi connectivity index (χ0) is 13.2. The van der Waals surface area contributed by atoms with Crippen LogP contribution in [0.15, 0.2) is 18.2 Å². The predicted octanol–water partition coefficient (Wildman–Crippen LogP) is 3.17. The highest BCUT2D eigenvalue weighted by Gasteiger charge is 2.28. The summed E-state index contributed by atoms with van der Waals surface area (Å²) in [6.07, 6.45) is 0.326. The first-order valence-corrected chi connectivity index (χ1v) is 5.79. The molecule has 0 saturated carbocycles. The van der Waals surface area contributed by atoms with Gasteiger partial charge in [-0.2, -0.15) is 0 Å². The fraction of sp³-hybridized carbons (Fsp3) is 0.500. The van der Waals surface area contributed by atoms with Gasteiger partial charge in [0, 0.05) is 0 Å². The van der Waals surface area contributed by atoms with Crippen molar-refractivity contribution in [1.82, 2.24) is 0 Å². The number of carbonyl (C=O) groups is 1. The lowest BCUT2D eigenvalue weighted by molar-refractivity contribution is -0.146. The van der Waals surface area contributed by atoms with E-state index in [2.05, 4.69) is 13.8 Å². The molecule has 0 unspecified atom stereocenters. The molecule has 3 nitrogen and oxygen atoms in total. The van der Waals surface area contributed by atoms with Crippen LogP contribution >= 0.6 is 0 Å². The number of aliphatic carboxylic acids is 1. The molecule has 1 aromatic rings. The van der Waals surface area contributed by atoms with Gasteiger partial charge in [-0.3, -0.25) is 4.79 Å². The van der Waals surface area contributed by atoms with Crippen molar-refractivity contribution in [2.45, 2.75) is 40.0 Å². The van der Waals surface area contributed by atoms with Crippen LogP contribution in [0.5, 0.6) is 5.75 Å². The van der Waals surface area contributed by atoms with Gasteiger partial charge in [0.15, 0.2) is 0 Å². The summed E-state index contributed by atoms with van der Waals surface area (Å²) in [5.74, 6) is -0.321. The number of carboxylic acid groups (broad SMARTS) is 1. The largest absolute Gasteiger partial charge is 0.508 e. The third kappa shape index (κ3) is 3.22. The summed E-state index contributed by atoms with van der Waals surface area (Å²) in [7, 11) is 0. The van der Waals surface area contributed by atoms with E-state index in [0.717, 1.165) is 5.56 Å². The zero-order valence-electron chi connectivity index (χ0n) is 10.8. The van der Waals surface area contributed by atoms with E-state index in [1.54, 1.807) is 19.9 Å². The third-order valence-corrected chi connectivity index (χ3v) is 2.99. The van der Waals surface area contributed by atoms with Gasteiger partial charge in [0.2, 0.25) is 0 Å². The molecule has 0 fully saturated rings. The maximum Gasteiger partial charge on any atom is 0.309 e. The summed E-state index contributed by atoms with van der Waals surface area (Å²) in [6, 6.07) is 5.48. The number of carboxylic acids is 1. The molecule has 0 spiro atoms. The molecule has 1 rings (SSSR count). The second kappa shape index (κ2) is 4.78. The lowest BCUT2D eigenvalue weighted by atomic mass is 9.85. The van der Waals surface area contributed by atoms with E-state index in [4.69, 9.17) is 5.11 Å². The van der Waals surface area contributed by atoms with Crippen LogP contribution in [0.25, 0.3) is 0 Å². The lowest BCUT2D eigenvalue weighted by Crippen LogP contribution is -2.26. The molecule has 0 aliphatic rings. The third-order valence-electron chi connectivity index (χ3n) is 2.99. The predicted molar refractivity (Wildman–Crippen MR) is 67.3 cm³/mol. The fourth-order valence-electron chi connectivity index (χ4n) is 1.64. The van der Waals surface area contributed by atoms with Crippen LogP contribution in [0, 0.1) is 5.41 Å². The first kappa shape index (κ1) is 13.6. The van der Waals surface area contributed by atoms with E-state index >= 15 is 0 Å². The van der Waals surface area contributed by atoms with Gasteiger partial charge in [-0.15, -0.1) is 0 Å². The lowest BCUT2D eigenvalue weighted by Gasteiger charge is -2.20. The minimum Gasteiger partial charge on any atom is -0.508 e. The highest BCUT2D eigenvalue weighted by atomic mass is 16.4. The van der Waals surface area contributed by atoms with Gasteiger partial charge in [-0.25, -0.2) is 0 Å². The molecule has 0 aliphatic carbocycles. The van der Waals surface area contributed by atoms with Gasteiger partial charge in [-0.1, -0.05) is 26.0 Å². The van der Waals surface area contributed by atoms with Crippen molar-refractivity contribution in [3.8, 4) is 5.75 Å². The monoisotopic (exact) mass is 236 g/mol. The van der Waals surface area contributed by atoms with Crippen LogP contribution in [0.4, 0.5) is 0 Å². The highest BCUT2D eigenvalue weighted by molar-refractivity contribution is 5.74. The summed E-state index contributed by atoms with van der Waals surface area (Å²) in [4.78, 5) is 11.0. The van der Waals surface area contributed by atoms with Gasteiger partial charge in [0.1, 0.15) is 5.75 Å². The maximum absolute atomic E-state index is 11.0. The van der Waals surface area contributed by atoms with Crippen LogP contribution in [0.2, 0.25) is 0 Å². The number of benzene rings is 1.